The monoisotopic (exact) mass is 1030 g/mol. The molecule has 2 saturated carbocycles. The van der Waals surface area contributed by atoms with E-state index in [9.17, 15) is 9.59 Å². The normalized spacial score (nSPS) is 13.4. The van der Waals surface area contributed by atoms with Gasteiger partial charge in [-0.3, -0.25) is 4.79 Å². The van der Waals surface area contributed by atoms with Crippen molar-refractivity contribution in [1.82, 2.24) is 67.5 Å². The molecule has 10 aromatic heterocycles. The van der Waals surface area contributed by atoms with E-state index in [4.69, 9.17) is 10.8 Å². The van der Waals surface area contributed by atoms with Crippen LogP contribution < -0.4 is 5.73 Å². The lowest BCUT2D eigenvalue weighted by molar-refractivity contribution is 0.0690. The number of carbonyl (C=O) groups excluding carboxylic acids is 1. The number of Topliss-reactive ketones (excluding diaryl/α,β-unsaturated/α-hetero) is 1. The molecule has 0 radical (unpaired) electrons. The lowest BCUT2D eigenvalue weighted by atomic mass is 10.1. The van der Waals surface area contributed by atoms with Crippen LogP contribution in [0.15, 0.2) is 120 Å². The second kappa shape index (κ2) is 19.1. The zero-order chi connectivity index (χ0) is 44.6. The number of hydrogen-bond acceptors (Lipinski definition) is 11. The van der Waals surface area contributed by atoms with Crippen molar-refractivity contribution >= 4 is 78.3 Å². The average molecular weight is 1040 g/mol. The van der Waals surface area contributed by atoms with Crippen molar-refractivity contribution in [2.45, 2.75) is 70.0 Å². The molecule has 0 bridgehead atoms. The number of imidazole rings is 4. The number of carbonyl (C=O) groups is 2. The van der Waals surface area contributed by atoms with Gasteiger partial charge in [0.25, 0.3) is 0 Å². The zero-order valence-corrected chi connectivity index (χ0v) is 39.2. The highest BCUT2D eigenvalue weighted by molar-refractivity contribution is 9.10. The van der Waals surface area contributed by atoms with Gasteiger partial charge < -0.3 is 28.4 Å². The molecule has 336 valence electrons. The second-order valence-electron chi connectivity index (χ2n) is 16.2. The van der Waals surface area contributed by atoms with Gasteiger partial charge in [0, 0.05) is 59.1 Å². The fourth-order valence-corrected chi connectivity index (χ4v) is 8.31. The number of aromatic carboxylic acids is 1. The van der Waals surface area contributed by atoms with Crippen LogP contribution in [0.3, 0.4) is 0 Å². The molecule has 12 rings (SSSR count). The number of carboxylic acids is 1. The number of nitrogens with two attached hydrogens (primary N) is 1. The molecule has 0 amide bonds. The van der Waals surface area contributed by atoms with Gasteiger partial charge in [-0.25, -0.2) is 34.1 Å². The molecule has 0 aliphatic heterocycles. The van der Waals surface area contributed by atoms with E-state index in [0.29, 0.717) is 50.0 Å². The molecular weight excluding hydrogens is 994 g/mol. The summed E-state index contributed by atoms with van der Waals surface area (Å²) in [7, 11) is 0. The number of carboxylic acid groups (broad SMARTS) is 1. The molecule has 10 heterocycles. The van der Waals surface area contributed by atoms with E-state index < -0.39 is 5.97 Å². The van der Waals surface area contributed by atoms with Crippen molar-refractivity contribution in [1.29, 1.82) is 0 Å². The maximum absolute atomic E-state index is 12.7. The number of nitrogens with zero attached hydrogens (tertiary/aromatic N) is 14. The van der Waals surface area contributed by atoms with Gasteiger partial charge in [0.15, 0.2) is 11.5 Å². The third-order valence-corrected chi connectivity index (χ3v) is 12.3. The van der Waals surface area contributed by atoms with Gasteiger partial charge in [-0.2, -0.15) is 0 Å². The van der Waals surface area contributed by atoms with E-state index in [1.54, 1.807) is 23.5 Å². The molecule has 0 unspecified atom stereocenters. The van der Waals surface area contributed by atoms with E-state index in [-0.39, 0.29) is 23.9 Å². The quantitative estimate of drug-likeness (QED) is 0.113. The van der Waals surface area contributed by atoms with E-state index in [0.717, 1.165) is 54.0 Å². The summed E-state index contributed by atoms with van der Waals surface area (Å²) in [6.07, 6.45) is 24.7. The van der Waals surface area contributed by atoms with Gasteiger partial charge >= 0.3 is 5.97 Å². The third-order valence-electron chi connectivity index (χ3n) is 11.3. The first-order valence-corrected chi connectivity index (χ1v) is 22.6. The van der Waals surface area contributed by atoms with Crippen molar-refractivity contribution in [2.75, 3.05) is 0 Å². The lowest BCUT2D eigenvalue weighted by Crippen LogP contribution is -2.03. The predicted molar refractivity (Wildman–Crippen MR) is 253 cm³/mol. The average Bonchev–Trinajstić information content (AvgIpc) is 3.90. The van der Waals surface area contributed by atoms with Gasteiger partial charge in [0.1, 0.15) is 17.0 Å². The summed E-state index contributed by atoms with van der Waals surface area (Å²) in [4.78, 5) is 41.2. The summed E-state index contributed by atoms with van der Waals surface area (Å²) in [5, 5.41) is 24.4. The van der Waals surface area contributed by atoms with Crippen molar-refractivity contribution < 1.29 is 14.7 Å². The van der Waals surface area contributed by atoms with E-state index in [2.05, 4.69) is 107 Å². The molecule has 21 heteroatoms. The van der Waals surface area contributed by atoms with Gasteiger partial charge in [0.2, 0.25) is 0 Å². The first-order valence-electron chi connectivity index (χ1n) is 21.1. The Labute approximate surface area is 399 Å². The number of ketones is 1. The Morgan fingerprint density at radius 2 is 1.15 bits per heavy atom. The topological polar surface area (TPSA) is 211 Å². The molecule has 18 nitrogen and oxygen atoms in total. The lowest BCUT2D eigenvalue weighted by Gasteiger charge is -1.99. The standard InChI is InChI=1S/C23H20BrN7O.C14H13N5O2.C8H8BrN3.ClH/c24-17-7-8-29-14-25-19(21(29)9-17)4-5-22(32)20-13-31(28-27-20)12-18-11-30-10-16(15-1-2-15)3-6-23(30)26-18;20-14(21)12-8-19(17-16-12)7-11-6-18-5-10(9-1-2-9)3-4-13(18)15-11;9-6-1-2-12-5-11-7(4-10)8(12)3-6;/h3,6-11,13-15H,1-2,4-5,12H2;3-6,8-9H,1-2,7H2,(H,20,21);1-3,5H,4,10H2;1H. The van der Waals surface area contributed by atoms with Crippen LogP contribution in [0.2, 0.25) is 0 Å². The summed E-state index contributed by atoms with van der Waals surface area (Å²) in [6.45, 7) is 1.36. The Morgan fingerprint density at radius 1 is 0.652 bits per heavy atom. The van der Waals surface area contributed by atoms with Crippen LogP contribution in [-0.4, -0.2) is 84.4 Å². The molecule has 2 aliphatic carbocycles. The van der Waals surface area contributed by atoms with Crippen LogP contribution in [0.4, 0.5) is 0 Å². The maximum atomic E-state index is 12.7. The summed E-state index contributed by atoms with van der Waals surface area (Å²) < 4.78 is 13.2. The molecule has 0 atom stereocenters. The predicted octanol–water partition coefficient (Wildman–Crippen LogP) is 7.60. The van der Waals surface area contributed by atoms with Crippen LogP contribution in [0, 0.1) is 0 Å². The fourth-order valence-electron chi connectivity index (χ4n) is 7.64. The Kier molecular flexibility index (Phi) is 12.9. The molecule has 2 fully saturated rings. The van der Waals surface area contributed by atoms with E-state index >= 15 is 0 Å². The number of pyridine rings is 4. The summed E-state index contributed by atoms with van der Waals surface area (Å²) in [5.74, 6) is 0.284. The Morgan fingerprint density at radius 3 is 1.65 bits per heavy atom. The van der Waals surface area contributed by atoms with E-state index in [1.807, 2.05) is 68.3 Å². The number of aromatic nitrogens is 14. The largest absolute Gasteiger partial charge is 0.476 e. The molecule has 66 heavy (non-hydrogen) atoms. The molecular formula is C45H42Br2ClN15O3. The minimum atomic E-state index is -1.08. The number of aryl methyl sites for hydroxylation is 1. The number of halogens is 3. The third kappa shape index (κ3) is 10.1. The van der Waals surface area contributed by atoms with Crippen molar-refractivity contribution in [3.05, 3.63) is 165 Å². The molecule has 2 aliphatic rings. The Bertz CT molecular complexity index is 3360. The van der Waals surface area contributed by atoms with Crippen LogP contribution in [-0.2, 0) is 26.1 Å². The maximum Gasteiger partial charge on any atom is 0.358 e. The van der Waals surface area contributed by atoms with Crippen LogP contribution in [0.5, 0.6) is 0 Å². The minimum Gasteiger partial charge on any atom is -0.476 e. The van der Waals surface area contributed by atoms with Crippen molar-refractivity contribution in [3.8, 4) is 0 Å². The molecule has 0 saturated heterocycles. The highest BCUT2D eigenvalue weighted by atomic mass is 79.9. The Balaban J connectivity index is 0.000000138. The highest BCUT2D eigenvalue weighted by Gasteiger charge is 2.25. The van der Waals surface area contributed by atoms with Crippen LogP contribution in [0.1, 0.15) is 98.8 Å². The minimum absolute atomic E-state index is 0. The first kappa shape index (κ1) is 44.6. The highest BCUT2D eigenvalue weighted by Crippen LogP contribution is 2.40. The van der Waals surface area contributed by atoms with Gasteiger partial charge in [-0.1, -0.05) is 54.4 Å². The number of hydrogen-bond donors (Lipinski definition) is 2. The summed E-state index contributed by atoms with van der Waals surface area (Å²) in [5.41, 5.74) is 15.9. The summed E-state index contributed by atoms with van der Waals surface area (Å²) in [6, 6.07) is 16.3. The molecule has 0 spiro atoms. The molecule has 10 aromatic rings. The number of rotatable bonds is 12. The van der Waals surface area contributed by atoms with Gasteiger partial charge in [0.05, 0.1) is 71.9 Å². The fraction of sp³-hybridized carbons (Fsp3) is 0.244. The van der Waals surface area contributed by atoms with Crippen molar-refractivity contribution in [3.63, 3.8) is 0 Å². The molecule has 0 aromatic carbocycles. The van der Waals surface area contributed by atoms with Gasteiger partial charge in [-0.05, 0) is 91.5 Å². The second-order valence-corrected chi connectivity index (χ2v) is 18.0. The van der Waals surface area contributed by atoms with Crippen LogP contribution >= 0.6 is 44.3 Å². The zero-order valence-electron chi connectivity index (χ0n) is 35.2. The Hall–Kier alpha value is -6.61. The SMILES string of the molecule is Cl.NCc1ncn2ccc(Br)cc12.O=C(CCc1ncn2ccc(Br)cc12)c1cn(Cc2cn3cc(C4CC4)ccc3n2)nn1.O=C(O)c1cn(Cc2cn3cc(C4CC4)ccc3n2)nn1. The smallest absolute Gasteiger partial charge is 0.358 e. The van der Waals surface area contributed by atoms with Crippen LogP contribution in [0.25, 0.3) is 22.3 Å². The van der Waals surface area contributed by atoms with E-state index in [1.165, 1.54) is 47.7 Å². The first-order chi connectivity index (χ1) is 31.6. The van der Waals surface area contributed by atoms with Gasteiger partial charge in [-0.15, -0.1) is 22.6 Å². The van der Waals surface area contributed by atoms with Crippen molar-refractivity contribution in [2.24, 2.45) is 5.73 Å². The summed E-state index contributed by atoms with van der Waals surface area (Å²) >= 11 is 6.88. The number of fused-ring (bicyclic) bond motifs is 4. The molecule has 3 N–H and O–H groups in total.